The van der Waals surface area contributed by atoms with E-state index in [1.807, 2.05) is 19.0 Å². The maximum atomic E-state index is 14.2. The lowest BCUT2D eigenvalue weighted by Gasteiger charge is -2.37. The fourth-order valence-corrected chi connectivity index (χ4v) is 14.2. The summed E-state index contributed by atoms with van der Waals surface area (Å²) in [5, 5.41) is 0. The number of ether oxygens (including phenoxy) is 6. The van der Waals surface area contributed by atoms with Crippen LogP contribution in [0.5, 0.6) is 0 Å². The minimum atomic E-state index is -0.890. The summed E-state index contributed by atoms with van der Waals surface area (Å²) < 4.78 is 40.1. The van der Waals surface area contributed by atoms with Crippen LogP contribution in [0.2, 0.25) is 0 Å². The lowest BCUT2D eigenvalue weighted by molar-refractivity contribution is -0.260. The largest absolute Gasteiger partial charge is 0.465 e. The van der Waals surface area contributed by atoms with Gasteiger partial charge in [-0.1, -0.05) is 312 Å². The number of nitrogens with zero attached hydrogens (tertiary/aromatic N) is 2. The van der Waals surface area contributed by atoms with E-state index in [1.165, 1.54) is 180 Å². The zero-order valence-corrected chi connectivity index (χ0v) is 65.5. The van der Waals surface area contributed by atoms with Crippen LogP contribution in [0.3, 0.4) is 0 Å². The first kappa shape index (κ1) is 91.7. The van der Waals surface area contributed by atoms with Crippen molar-refractivity contribution in [3.8, 4) is 0 Å². The highest BCUT2D eigenvalue weighted by atomic mass is 16.7. The van der Waals surface area contributed by atoms with Gasteiger partial charge in [0.1, 0.15) is 12.1 Å². The van der Waals surface area contributed by atoms with Crippen molar-refractivity contribution in [1.82, 2.24) is 9.80 Å². The molecule has 1 heterocycles. The summed E-state index contributed by atoms with van der Waals surface area (Å²) in [6.07, 6.45) is 63.0. The Balaban J connectivity index is 3.10. The maximum absolute atomic E-state index is 14.2. The fraction of sp³-hybridized carbons (Fsp3) is 0.952. The van der Waals surface area contributed by atoms with Crippen LogP contribution in [0.25, 0.3) is 0 Å². The molecule has 12 nitrogen and oxygen atoms in total. The van der Waals surface area contributed by atoms with E-state index in [9.17, 15) is 19.2 Å². The third-order valence-electron chi connectivity index (χ3n) is 20.3. The summed E-state index contributed by atoms with van der Waals surface area (Å²) in [6, 6.07) is -0.498. The molecule has 0 radical (unpaired) electrons. The summed E-state index contributed by atoms with van der Waals surface area (Å²) in [7, 11) is 3.89. The van der Waals surface area contributed by atoms with Crippen LogP contribution in [0.15, 0.2) is 0 Å². The molecule has 0 bridgehead atoms. The molecular weight excluding hydrogens is 1200 g/mol. The minimum Gasteiger partial charge on any atom is -0.465 e. The summed E-state index contributed by atoms with van der Waals surface area (Å²) in [6.45, 7) is 20.2. The molecule has 568 valence electrons. The Bertz CT molecular complexity index is 1770. The molecule has 0 aromatic carbocycles. The van der Waals surface area contributed by atoms with Crippen molar-refractivity contribution in [2.75, 3.05) is 40.3 Å². The van der Waals surface area contributed by atoms with Crippen molar-refractivity contribution < 1.29 is 47.6 Å². The van der Waals surface area contributed by atoms with Gasteiger partial charge in [-0.3, -0.25) is 24.1 Å². The van der Waals surface area contributed by atoms with Gasteiger partial charge in [0, 0.05) is 58.0 Å². The van der Waals surface area contributed by atoms with Gasteiger partial charge in [0.15, 0.2) is 0 Å². The number of esters is 4. The second-order valence-corrected chi connectivity index (χ2v) is 30.1. The van der Waals surface area contributed by atoms with Crippen molar-refractivity contribution in [2.24, 2.45) is 0 Å². The molecule has 1 aliphatic rings. The first-order valence-corrected chi connectivity index (χ1v) is 42.3. The van der Waals surface area contributed by atoms with E-state index in [0.717, 1.165) is 173 Å². The molecule has 5 unspecified atom stereocenters. The zero-order chi connectivity index (χ0) is 70.3. The highest BCUT2D eigenvalue weighted by Gasteiger charge is 2.41. The Morgan fingerprint density at radius 3 is 1.06 bits per heavy atom. The van der Waals surface area contributed by atoms with Gasteiger partial charge in [-0.25, -0.2) is 0 Å². The summed E-state index contributed by atoms with van der Waals surface area (Å²) >= 11 is 0. The molecule has 1 aliphatic heterocycles. The Kier molecular flexibility index (Phi) is 61.9. The van der Waals surface area contributed by atoms with Crippen LogP contribution in [0.4, 0.5) is 0 Å². The van der Waals surface area contributed by atoms with Crippen LogP contribution in [-0.4, -0.2) is 110 Å². The smallest absolute Gasteiger partial charge is 0.323 e. The van der Waals surface area contributed by atoms with Gasteiger partial charge in [0.05, 0.1) is 25.2 Å². The van der Waals surface area contributed by atoms with Crippen LogP contribution in [0, 0.1) is 0 Å². The van der Waals surface area contributed by atoms with E-state index in [2.05, 4.69) is 60.3 Å². The molecule has 1 rings (SSSR count). The standard InChI is InChI=1S/C84H162N2O10/c1-11-19-27-35-40-49-61-75(59-47-31-23-15-5)93-83(66-53-33-25-17-7,68-55-43-37-29-21-13-3)95-80(88)63-51-42-39-45-58-72-91-82(90)78-73-77(92-79(87)65-71-85(9)10)74-86(78)70-57-46-52-64-81(89)96-84(67-54-34-26-18-8,69-56-44-38-30-22-14-4)94-76(60-48-32-24-16-6)62-50-41-36-28-20-12-2/h75-78H,11-74H2,1-10H3/t75?,76?,77?,78-,83?,84?/m0/s1. The molecule has 96 heavy (non-hydrogen) atoms. The zero-order valence-electron chi connectivity index (χ0n) is 65.5. The van der Waals surface area contributed by atoms with E-state index in [0.29, 0.717) is 58.3 Å². The number of likely N-dealkylation sites (tertiary alicyclic amines) is 1. The second kappa shape index (κ2) is 64.8. The van der Waals surface area contributed by atoms with Crippen molar-refractivity contribution in [3.63, 3.8) is 0 Å². The summed E-state index contributed by atoms with van der Waals surface area (Å²) in [5.41, 5.74) is 0. The van der Waals surface area contributed by atoms with Crippen molar-refractivity contribution >= 4 is 23.9 Å². The first-order valence-electron chi connectivity index (χ1n) is 42.3. The molecule has 0 saturated carbocycles. The molecular formula is C84H162N2O10. The summed E-state index contributed by atoms with van der Waals surface area (Å²) in [5.74, 6) is -2.52. The number of hydrogen-bond donors (Lipinski definition) is 0. The Hall–Kier alpha value is -2.28. The van der Waals surface area contributed by atoms with Gasteiger partial charge in [-0.2, -0.15) is 0 Å². The van der Waals surface area contributed by atoms with E-state index in [1.54, 1.807) is 0 Å². The van der Waals surface area contributed by atoms with E-state index in [-0.39, 0.29) is 42.2 Å². The molecule has 1 saturated heterocycles. The van der Waals surface area contributed by atoms with Gasteiger partial charge in [0.25, 0.3) is 0 Å². The molecule has 0 spiro atoms. The number of carbonyl (C=O) groups excluding carboxylic acids is 4. The molecule has 0 aromatic rings. The Morgan fingerprint density at radius 1 is 0.375 bits per heavy atom. The quantitative estimate of drug-likeness (QED) is 0.0249. The van der Waals surface area contributed by atoms with Crippen LogP contribution in [0.1, 0.15) is 441 Å². The highest BCUT2D eigenvalue weighted by molar-refractivity contribution is 5.76. The molecule has 0 aliphatic carbocycles. The van der Waals surface area contributed by atoms with E-state index < -0.39 is 17.6 Å². The van der Waals surface area contributed by atoms with Gasteiger partial charge < -0.3 is 33.3 Å². The molecule has 0 N–H and O–H groups in total. The highest BCUT2D eigenvalue weighted by Crippen LogP contribution is 2.36. The second-order valence-electron chi connectivity index (χ2n) is 30.1. The maximum Gasteiger partial charge on any atom is 0.323 e. The van der Waals surface area contributed by atoms with E-state index in [4.69, 9.17) is 28.4 Å². The molecule has 1 fully saturated rings. The predicted octanol–water partition coefficient (Wildman–Crippen LogP) is 24.5. The summed E-state index contributed by atoms with van der Waals surface area (Å²) in [4.78, 5) is 59.4. The Morgan fingerprint density at radius 2 is 0.688 bits per heavy atom. The number of rotatable bonds is 73. The normalized spacial score (nSPS) is 16.2. The van der Waals surface area contributed by atoms with Gasteiger partial charge in [-0.05, 0) is 97.7 Å². The van der Waals surface area contributed by atoms with E-state index >= 15 is 0 Å². The van der Waals surface area contributed by atoms with Crippen molar-refractivity contribution in [2.45, 2.75) is 477 Å². The molecule has 0 aromatic heterocycles. The Labute approximate surface area is 595 Å². The van der Waals surface area contributed by atoms with Crippen molar-refractivity contribution in [3.05, 3.63) is 0 Å². The van der Waals surface area contributed by atoms with Gasteiger partial charge in [0.2, 0.25) is 11.6 Å². The van der Waals surface area contributed by atoms with Crippen molar-refractivity contribution in [1.29, 1.82) is 0 Å². The fourth-order valence-electron chi connectivity index (χ4n) is 14.2. The lowest BCUT2D eigenvalue weighted by atomic mass is 9.97. The SMILES string of the molecule is CCCCCCCCC(CCCCCC)OC(CCCCCC)(CCCCCCCC)OC(=O)CCCCCCCOC(=O)[C@@H]1CC(OC(=O)CCN(C)C)CN1CCCCCC(=O)OC(CCCCCC)(CCCCCCCC)OC(CCCCCC)CCCCCCCC. The average molecular weight is 1360 g/mol. The lowest BCUT2D eigenvalue weighted by Crippen LogP contribution is -2.42. The van der Waals surface area contributed by atoms with Gasteiger partial charge >= 0.3 is 23.9 Å². The number of carbonyl (C=O) groups is 4. The average Bonchev–Trinajstić information content (AvgIpc) is 1.36. The van der Waals surface area contributed by atoms with Crippen LogP contribution in [-0.2, 0) is 47.6 Å². The monoisotopic (exact) mass is 1360 g/mol. The number of hydrogen-bond acceptors (Lipinski definition) is 12. The number of unbranched alkanes of at least 4 members (excludes halogenated alkanes) is 38. The third-order valence-corrected chi connectivity index (χ3v) is 20.3. The minimum absolute atomic E-state index is 0.0945. The van der Waals surface area contributed by atoms with Crippen LogP contribution >= 0.6 is 0 Å². The topological polar surface area (TPSA) is 130 Å². The third kappa shape index (κ3) is 51.0. The predicted molar refractivity (Wildman–Crippen MR) is 405 cm³/mol. The molecule has 6 atom stereocenters. The first-order chi connectivity index (χ1) is 46.8. The van der Waals surface area contributed by atoms with Crippen LogP contribution < -0.4 is 0 Å². The molecule has 12 heteroatoms. The van der Waals surface area contributed by atoms with Gasteiger partial charge in [-0.15, -0.1) is 0 Å². The molecule has 0 amide bonds.